The third kappa shape index (κ3) is 8.07. The van der Waals surface area contributed by atoms with Crippen molar-refractivity contribution in [1.82, 2.24) is 24.5 Å². The molecular weight excluding hydrogens is 766 g/mol. The lowest BCUT2D eigenvalue weighted by Gasteiger charge is -2.39. The minimum atomic E-state index is -1.92. The largest absolute Gasteiger partial charge is 0.513 e. The molecule has 6 atom stereocenters. The molecule has 58 heavy (non-hydrogen) atoms. The Kier molecular flexibility index (Phi) is 12.5. The summed E-state index contributed by atoms with van der Waals surface area (Å²) >= 11 is 0. The highest BCUT2D eigenvalue weighted by atomic mass is 16.7. The van der Waals surface area contributed by atoms with Gasteiger partial charge in [0, 0.05) is 16.5 Å². The fourth-order valence-electron chi connectivity index (χ4n) is 7.30. The lowest BCUT2D eigenvalue weighted by molar-refractivity contribution is -0.301. The molecule has 1 fully saturated rings. The summed E-state index contributed by atoms with van der Waals surface area (Å²) in [7, 11) is 0. The van der Waals surface area contributed by atoms with Crippen LogP contribution in [0.5, 0.6) is 5.75 Å². The summed E-state index contributed by atoms with van der Waals surface area (Å²) in [4.78, 5) is 43.5. The zero-order chi connectivity index (χ0) is 41.1. The maximum absolute atomic E-state index is 13.6. The summed E-state index contributed by atoms with van der Waals surface area (Å²) in [5.74, 6) is -0.540. The van der Waals surface area contributed by atoms with Gasteiger partial charge < -0.3 is 63.3 Å². The molecule has 0 amide bonds. The van der Waals surface area contributed by atoms with E-state index >= 15 is 0 Å². The molecule has 1 saturated heterocycles. The van der Waals surface area contributed by atoms with Crippen molar-refractivity contribution in [2.45, 2.75) is 89.3 Å². The number of aromatic nitrogens is 5. The van der Waals surface area contributed by atoms with Crippen LogP contribution in [0.25, 0.3) is 22.3 Å². The molecule has 0 radical (unpaired) electrons. The predicted octanol–water partition coefficient (Wildman–Crippen LogP) is -0.201. The van der Waals surface area contributed by atoms with Gasteiger partial charge in [-0.15, -0.1) is 5.10 Å². The van der Waals surface area contributed by atoms with E-state index in [9.17, 15) is 39.9 Å². The van der Waals surface area contributed by atoms with Crippen LogP contribution in [-0.2, 0) is 71.5 Å². The summed E-state index contributed by atoms with van der Waals surface area (Å²) in [5.41, 5.74) is 2.21. The average molecular weight is 812 g/mol. The van der Waals surface area contributed by atoms with E-state index in [1.165, 1.54) is 4.68 Å². The van der Waals surface area contributed by atoms with Crippen LogP contribution in [0.2, 0.25) is 0 Å². The number of hydrogen-bond acceptors (Lipinski definition) is 18. The first-order valence-electron chi connectivity index (χ1n) is 18.9. The van der Waals surface area contributed by atoms with Crippen molar-refractivity contribution >= 4 is 23.0 Å². The van der Waals surface area contributed by atoms with Crippen LogP contribution in [0.4, 0.5) is 4.79 Å². The van der Waals surface area contributed by atoms with E-state index in [1.807, 2.05) is 6.92 Å². The number of aliphatic hydroxyl groups excluding tert-OH is 4. The molecule has 7 rings (SSSR count). The third-order valence-corrected chi connectivity index (χ3v) is 10.4. The molecule has 3 aromatic heterocycles. The molecule has 20 nitrogen and oxygen atoms in total. The number of benzene rings is 1. The van der Waals surface area contributed by atoms with Gasteiger partial charge >= 0.3 is 12.1 Å². The van der Waals surface area contributed by atoms with Gasteiger partial charge in [-0.25, -0.2) is 19.3 Å². The molecule has 0 unspecified atom stereocenters. The van der Waals surface area contributed by atoms with E-state index in [4.69, 9.17) is 38.1 Å². The van der Waals surface area contributed by atoms with Gasteiger partial charge in [-0.3, -0.25) is 4.79 Å². The number of pyridine rings is 2. The number of fused-ring (bicyclic) bond motifs is 5. The van der Waals surface area contributed by atoms with Crippen LogP contribution >= 0.6 is 0 Å². The van der Waals surface area contributed by atoms with Crippen LogP contribution in [0.1, 0.15) is 48.2 Å². The Bertz CT molecular complexity index is 2210. The number of carbonyl (C=O) groups is 2. The van der Waals surface area contributed by atoms with Gasteiger partial charge in [-0.2, -0.15) is 0 Å². The van der Waals surface area contributed by atoms with E-state index < -0.39 is 55.0 Å². The Balaban J connectivity index is 0.841. The maximum Gasteiger partial charge on any atom is 0.513 e. The second-order valence-electron chi connectivity index (χ2n) is 14.0. The Morgan fingerprint density at radius 3 is 2.57 bits per heavy atom. The predicted molar refractivity (Wildman–Crippen MR) is 196 cm³/mol. The molecule has 0 spiro atoms. The van der Waals surface area contributed by atoms with Crippen LogP contribution in [-0.4, -0.2) is 133 Å². The fraction of sp³-hybridized carbons (Fsp3) is 0.526. The molecule has 0 aliphatic carbocycles. The zero-order valence-corrected chi connectivity index (χ0v) is 31.8. The standard InChI is InChI=1S/C38H45N5O15/c1-3-22-23-13-21(5-6-27(23)39-30-24(22)16-43-28(30)14-26-25(34(43)48)19-56-36(49)38(26,51)4-2)57-37(50)55-12-11-52-9-10-53-18-20-15-42(41-40-20)7-8-54-35-33(47)32(46)31(45)29(17-44)58-35/h5-6,13-15,29,31-33,35,44-47,51H,3-4,7-12,16-19H2,1-2H3/t29-,31-,32+,33-,35-,38-/m0/s1. The normalized spacial score (nSPS) is 23.6. The molecule has 1 aromatic carbocycles. The number of aryl methyl sites for hydroxylation is 1. The van der Waals surface area contributed by atoms with Crippen molar-refractivity contribution in [1.29, 1.82) is 0 Å². The minimum Gasteiger partial charge on any atom is -0.458 e. The summed E-state index contributed by atoms with van der Waals surface area (Å²) in [6.45, 7) is 4.00. The number of ether oxygens (including phenoxy) is 7. The molecule has 3 aliphatic rings. The van der Waals surface area contributed by atoms with Crippen molar-refractivity contribution in [3.05, 3.63) is 68.8 Å². The Labute approximate surface area is 330 Å². The number of nitrogens with zero attached hydrogens (tertiary/aromatic N) is 5. The van der Waals surface area contributed by atoms with Gasteiger partial charge in [-0.05, 0) is 42.7 Å². The monoisotopic (exact) mass is 811 g/mol. The summed E-state index contributed by atoms with van der Waals surface area (Å²) < 4.78 is 40.7. The van der Waals surface area contributed by atoms with E-state index in [0.29, 0.717) is 29.0 Å². The third-order valence-electron chi connectivity index (χ3n) is 10.4. The fourth-order valence-corrected chi connectivity index (χ4v) is 7.30. The number of rotatable bonds is 16. The van der Waals surface area contributed by atoms with Gasteiger partial charge in [0.15, 0.2) is 11.9 Å². The van der Waals surface area contributed by atoms with Crippen molar-refractivity contribution < 1.29 is 68.3 Å². The number of carbonyl (C=O) groups excluding carboxylic acids is 2. The Morgan fingerprint density at radius 2 is 1.79 bits per heavy atom. The Hall–Kier alpha value is -4.90. The second kappa shape index (κ2) is 17.5. The topological polar surface area (TPSA) is 265 Å². The number of cyclic esters (lactones) is 1. The summed E-state index contributed by atoms with van der Waals surface area (Å²) in [5, 5.41) is 59.0. The highest BCUT2D eigenvalue weighted by Gasteiger charge is 2.46. The van der Waals surface area contributed by atoms with Gasteiger partial charge in [0.25, 0.3) is 5.56 Å². The molecule has 5 N–H and O–H groups in total. The van der Waals surface area contributed by atoms with Crippen molar-refractivity contribution in [3.8, 4) is 17.1 Å². The quantitative estimate of drug-likeness (QED) is 0.0491. The molecule has 0 saturated carbocycles. The van der Waals surface area contributed by atoms with Crippen LogP contribution in [0.15, 0.2) is 35.3 Å². The molecule has 4 aromatic rings. The smallest absolute Gasteiger partial charge is 0.458 e. The molecule has 312 valence electrons. The molecule has 6 heterocycles. The Morgan fingerprint density at radius 1 is 1.00 bits per heavy atom. The average Bonchev–Trinajstić information content (AvgIpc) is 3.84. The first-order chi connectivity index (χ1) is 28.0. The number of aliphatic hydroxyl groups is 5. The summed E-state index contributed by atoms with van der Waals surface area (Å²) in [6, 6.07) is 6.67. The first kappa shape index (κ1) is 41.3. The van der Waals surface area contributed by atoms with Crippen LogP contribution < -0.4 is 10.3 Å². The molecule has 3 aliphatic heterocycles. The van der Waals surface area contributed by atoms with Crippen molar-refractivity contribution in [2.24, 2.45) is 0 Å². The van der Waals surface area contributed by atoms with Gasteiger partial charge in [0.2, 0.25) is 0 Å². The summed E-state index contributed by atoms with van der Waals surface area (Å²) in [6.07, 6.45) is -5.43. The zero-order valence-electron chi connectivity index (χ0n) is 31.8. The highest BCUT2D eigenvalue weighted by Crippen LogP contribution is 2.41. The molecule has 0 bridgehead atoms. The SMILES string of the molecule is CCc1c2c(nc3ccc(OC(=O)OCCOCCOCc4cn(CCO[C@H]5O[C@@H](CO)[C@H](O)[C@@H](O)[C@@H]5O)nn4)cc13)-c1cc3c(c(=O)n1C2)COC(=O)[C@]3(O)CC. The molecular formula is C38H45N5O15. The first-order valence-corrected chi connectivity index (χ1v) is 18.9. The van der Waals surface area contributed by atoms with E-state index in [2.05, 4.69) is 10.3 Å². The number of esters is 1. The maximum atomic E-state index is 13.6. The van der Waals surface area contributed by atoms with E-state index in [1.54, 1.807) is 42.0 Å². The number of hydrogen-bond donors (Lipinski definition) is 5. The van der Waals surface area contributed by atoms with Crippen molar-refractivity contribution in [2.75, 3.05) is 39.6 Å². The van der Waals surface area contributed by atoms with E-state index in [-0.39, 0.29) is 88.2 Å². The molecule has 20 heteroatoms. The lowest BCUT2D eigenvalue weighted by atomic mass is 9.86. The van der Waals surface area contributed by atoms with Gasteiger partial charge in [0.05, 0.1) is 81.4 Å². The van der Waals surface area contributed by atoms with Crippen LogP contribution in [0, 0.1) is 0 Å². The van der Waals surface area contributed by atoms with Crippen molar-refractivity contribution in [3.63, 3.8) is 0 Å². The second-order valence-corrected chi connectivity index (χ2v) is 14.0. The van der Waals surface area contributed by atoms with Gasteiger partial charge in [0.1, 0.15) is 49.1 Å². The van der Waals surface area contributed by atoms with Crippen LogP contribution in [0.3, 0.4) is 0 Å². The minimum absolute atomic E-state index is 0.0359. The highest BCUT2D eigenvalue weighted by molar-refractivity contribution is 5.90. The van der Waals surface area contributed by atoms with Gasteiger partial charge in [-0.1, -0.05) is 19.1 Å². The van der Waals surface area contributed by atoms with E-state index in [0.717, 1.165) is 16.5 Å². The lowest BCUT2D eigenvalue weighted by Crippen LogP contribution is -2.59.